The molecule has 0 aromatic heterocycles. The molecule has 1 aliphatic rings. The first-order chi connectivity index (χ1) is 9.08. The minimum absolute atomic E-state index is 0.0690. The molecule has 1 aromatic carbocycles. The molecular weight excluding hydrogens is 240 g/mol. The van der Waals surface area contributed by atoms with Gasteiger partial charge in [0.2, 0.25) is 11.8 Å². The first-order valence-corrected chi connectivity index (χ1v) is 6.69. The van der Waals surface area contributed by atoms with Crippen LogP contribution in [0.2, 0.25) is 0 Å². The highest BCUT2D eigenvalue weighted by atomic mass is 16.2. The fourth-order valence-corrected chi connectivity index (χ4v) is 2.09. The highest BCUT2D eigenvalue weighted by Crippen LogP contribution is 2.21. The summed E-state index contributed by atoms with van der Waals surface area (Å²) in [6.07, 6.45) is 2.11. The topological polar surface area (TPSA) is 49.4 Å². The Morgan fingerprint density at radius 1 is 1.32 bits per heavy atom. The summed E-state index contributed by atoms with van der Waals surface area (Å²) >= 11 is 0. The van der Waals surface area contributed by atoms with E-state index in [-0.39, 0.29) is 24.4 Å². The van der Waals surface area contributed by atoms with Gasteiger partial charge < -0.3 is 10.2 Å². The Bertz CT molecular complexity index is 454. The van der Waals surface area contributed by atoms with E-state index < -0.39 is 0 Å². The van der Waals surface area contributed by atoms with Gasteiger partial charge in [0, 0.05) is 13.0 Å². The summed E-state index contributed by atoms with van der Waals surface area (Å²) in [5, 5.41) is 2.91. The van der Waals surface area contributed by atoms with Gasteiger partial charge in [-0.1, -0.05) is 30.3 Å². The molecule has 0 aliphatic heterocycles. The first kappa shape index (κ1) is 13.6. The van der Waals surface area contributed by atoms with Crippen molar-refractivity contribution in [1.29, 1.82) is 0 Å². The van der Waals surface area contributed by atoms with Crippen LogP contribution in [0.4, 0.5) is 0 Å². The molecule has 2 amide bonds. The van der Waals surface area contributed by atoms with Gasteiger partial charge in [0.25, 0.3) is 0 Å². The van der Waals surface area contributed by atoms with E-state index in [1.165, 1.54) is 6.92 Å². The van der Waals surface area contributed by atoms with Crippen molar-refractivity contribution < 1.29 is 9.59 Å². The van der Waals surface area contributed by atoms with E-state index >= 15 is 0 Å². The highest BCUT2D eigenvalue weighted by Gasteiger charge is 2.26. The first-order valence-electron chi connectivity index (χ1n) is 6.69. The van der Waals surface area contributed by atoms with Crippen molar-refractivity contribution in [3.8, 4) is 0 Å². The number of hydrogen-bond acceptors (Lipinski definition) is 2. The quantitative estimate of drug-likeness (QED) is 0.878. The molecule has 102 valence electrons. The zero-order chi connectivity index (χ0) is 13.8. The molecular formula is C15H20N2O2. The predicted molar refractivity (Wildman–Crippen MR) is 73.4 cm³/mol. The second kappa shape index (κ2) is 5.87. The van der Waals surface area contributed by atoms with E-state index in [2.05, 4.69) is 5.32 Å². The third-order valence-electron chi connectivity index (χ3n) is 3.41. The monoisotopic (exact) mass is 260 g/mol. The van der Waals surface area contributed by atoms with Crippen LogP contribution in [0.5, 0.6) is 0 Å². The zero-order valence-electron chi connectivity index (χ0n) is 11.4. The van der Waals surface area contributed by atoms with Crippen molar-refractivity contribution >= 4 is 11.8 Å². The number of hydrogen-bond donors (Lipinski definition) is 1. The Labute approximate surface area is 113 Å². The van der Waals surface area contributed by atoms with Crippen molar-refractivity contribution in [2.24, 2.45) is 0 Å². The van der Waals surface area contributed by atoms with Gasteiger partial charge in [-0.15, -0.1) is 0 Å². The molecule has 1 aliphatic carbocycles. The molecule has 0 spiro atoms. The molecule has 2 rings (SSSR count). The Kier molecular flexibility index (Phi) is 4.20. The van der Waals surface area contributed by atoms with E-state index in [9.17, 15) is 9.59 Å². The van der Waals surface area contributed by atoms with Crippen molar-refractivity contribution in [3.05, 3.63) is 35.9 Å². The molecule has 1 atom stereocenters. The molecule has 0 saturated heterocycles. The van der Waals surface area contributed by atoms with Gasteiger partial charge in [-0.05, 0) is 25.3 Å². The van der Waals surface area contributed by atoms with Crippen molar-refractivity contribution in [2.45, 2.75) is 38.8 Å². The van der Waals surface area contributed by atoms with E-state index in [1.807, 2.05) is 37.3 Å². The number of rotatable bonds is 5. The van der Waals surface area contributed by atoms with Crippen LogP contribution in [0.25, 0.3) is 0 Å². The molecule has 4 nitrogen and oxygen atoms in total. The third-order valence-corrected chi connectivity index (χ3v) is 3.41. The molecule has 0 radical (unpaired) electrons. The van der Waals surface area contributed by atoms with Gasteiger partial charge in [0.05, 0.1) is 6.04 Å². The summed E-state index contributed by atoms with van der Waals surface area (Å²) in [6.45, 7) is 3.58. The van der Waals surface area contributed by atoms with Gasteiger partial charge in [-0.2, -0.15) is 0 Å². The van der Waals surface area contributed by atoms with Crippen LogP contribution < -0.4 is 5.32 Å². The molecule has 0 bridgehead atoms. The molecule has 4 heteroatoms. The van der Waals surface area contributed by atoms with Crippen LogP contribution in [0.3, 0.4) is 0 Å². The molecule has 1 aromatic rings. The van der Waals surface area contributed by atoms with Gasteiger partial charge in [-0.3, -0.25) is 9.59 Å². The molecule has 1 fully saturated rings. The Morgan fingerprint density at radius 3 is 2.47 bits per heavy atom. The number of amides is 2. The number of nitrogens with zero attached hydrogens (tertiary/aromatic N) is 1. The number of carbonyl (C=O) groups excluding carboxylic acids is 2. The second-order valence-corrected chi connectivity index (χ2v) is 5.08. The lowest BCUT2D eigenvalue weighted by molar-refractivity contribution is -0.136. The minimum atomic E-state index is -0.0938. The Hall–Kier alpha value is -1.84. The molecule has 1 N–H and O–H groups in total. The van der Waals surface area contributed by atoms with E-state index in [1.54, 1.807) is 4.90 Å². The molecule has 19 heavy (non-hydrogen) atoms. The van der Waals surface area contributed by atoms with Crippen LogP contribution >= 0.6 is 0 Å². The van der Waals surface area contributed by atoms with Gasteiger partial charge in [-0.25, -0.2) is 0 Å². The zero-order valence-corrected chi connectivity index (χ0v) is 11.4. The van der Waals surface area contributed by atoms with E-state index in [0.29, 0.717) is 6.04 Å². The Balaban J connectivity index is 2.02. The van der Waals surface area contributed by atoms with Crippen LogP contribution in [-0.4, -0.2) is 29.3 Å². The summed E-state index contributed by atoms with van der Waals surface area (Å²) in [6, 6.07) is 9.99. The van der Waals surface area contributed by atoms with Crippen LogP contribution in [0.15, 0.2) is 30.3 Å². The summed E-state index contributed by atoms with van der Waals surface area (Å²) in [5.41, 5.74) is 1.04. The summed E-state index contributed by atoms with van der Waals surface area (Å²) in [4.78, 5) is 25.2. The normalized spacial score (nSPS) is 15.7. The maximum Gasteiger partial charge on any atom is 0.239 e. The number of carbonyl (C=O) groups is 2. The lowest BCUT2D eigenvalue weighted by atomic mass is 10.1. The highest BCUT2D eigenvalue weighted by molar-refractivity contribution is 5.84. The standard InChI is InChI=1S/C15H20N2O2/c1-11(13-6-4-3-5-7-13)17(12(2)18)10-15(19)16-14-8-9-14/h3-7,11,14H,8-10H2,1-2H3,(H,16,19). The second-order valence-electron chi connectivity index (χ2n) is 5.08. The fraction of sp³-hybridized carbons (Fsp3) is 0.467. The smallest absolute Gasteiger partial charge is 0.239 e. The van der Waals surface area contributed by atoms with Crippen molar-refractivity contribution in [2.75, 3.05) is 6.54 Å². The number of nitrogens with one attached hydrogen (secondary N) is 1. The van der Waals surface area contributed by atoms with E-state index in [4.69, 9.17) is 0 Å². The van der Waals surface area contributed by atoms with Gasteiger partial charge in [0.1, 0.15) is 6.54 Å². The lowest BCUT2D eigenvalue weighted by Crippen LogP contribution is -2.41. The maximum atomic E-state index is 11.8. The summed E-state index contributed by atoms with van der Waals surface area (Å²) in [5.74, 6) is -0.150. The molecule has 1 unspecified atom stereocenters. The van der Waals surface area contributed by atoms with E-state index in [0.717, 1.165) is 18.4 Å². The molecule has 1 saturated carbocycles. The van der Waals surface area contributed by atoms with Gasteiger partial charge >= 0.3 is 0 Å². The largest absolute Gasteiger partial charge is 0.352 e. The van der Waals surface area contributed by atoms with Crippen LogP contribution in [0, 0.1) is 0 Å². The number of benzene rings is 1. The Morgan fingerprint density at radius 2 is 1.95 bits per heavy atom. The summed E-state index contributed by atoms with van der Waals surface area (Å²) < 4.78 is 0. The van der Waals surface area contributed by atoms with Crippen LogP contribution in [-0.2, 0) is 9.59 Å². The predicted octanol–water partition coefficient (Wildman–Crippen LogP) is 1.87. The third kappa shape index (κ3) is 3.81. The average Bonchev–Trinajstić information content (AvgIpc) is 3.20. The fourth-order valence-electron chi connectivity index (χ4n) is 2.09. The lowest BCUT2D eigenvalue weighted by Gasteiger charge is -2.28. The minimum Gasteiger partial charge on any atom is -0.352 e. The SMILES string of the molecule is CC(=O)N(CC(=O)NC1CC1)C(C)c1ccccc1. The van der Waals surface area contributed by atoms with Crippen molar-refractivity contribution in [1.82, 2.24) is 10.2 Å². The van der Waals surface area contributed by atoms with Gasteiger partial charge in [0.15, 0.2) is 0 Å². The van der Waals surface area contributed by atoms with Crippen LogP contribution in [0.1, 0.15) is 38.3 Å². The average molecular weight is 260 g/mol. The van der Waals surface area contributed by atoms with Crippen molar-refractivity contribution in [3.63, 3.8) is 0 Å². The molecule has 0 heterocycles. The summed E-state index contributed by atoms with van der Waals surface area (Å²) in [7, 11) is 0. The maximum absolute atomic E-state index is 11.8.